The predicted molar refractivity (Wildman–Crippen MR) is 123 cm³/mol. The van der Waals surface area contributed by atoms with Crippen molar-refractivity contribution in [1.82, 2.24) is 4.90 Å². The fourth-order valence-corrected chi connectivity index (χ4v) is 3.81. The summed E-state index contributed by atoms with van der Waals surface area (Å²) in [4.78, 5) is 4.95. The number of piperazine rings is 1. The van der Waals surface area contributed by atoms with Gasteiger partial charge in [0.05, 0.1) is 0 Å². The van der Waals surface area contributed by atoms with E-state index in [1.54, 1.807) is 12.1 Å². The Hall–Kier alpha value is -2.56. The SMILES string of the molecule is Cl.Fc1ccc(OC(CCN2CCN(c3ccccc3)CC2)c2ccccc2)cc1. The first-order valence-corrected chi connectivity index (χ1v) is 10.3. The second-order valence-corrected chi connectivity index (χ2v) is 7.42. The molecule has 1 fully saturated rings. The van der Waals surface area contributed by atoms with Crippen LogP contribution in [0.5, 0.6) is 5.75 Å². The highest BCUT2D eigenvalue weighted by Gasteiger charge is 2.20. The van der Waals surface area contributed by atoms with Crippen LogP contribution in [-0.2, 0) is 0 Å². The molecule has 3 nitrogen and oxygen atoms in total. The van der Waals surface area contributed by atoms with Crippen molar-refractivity contribution in [2.45, 2.75) is 12.5 Å². The first-order chi connectivity index (χ1) is 14.3. The summed E-state index contributed by atoms with van der Waals surface area (Å²) < 4.78 is 19.5. The maximum atomic E-state index is 13.2. The summed E-state index contributed by atoms with van der Waals surface area (Å²) >= 11 is 0. The fourth-order valence-electron chi connectivity index (χ4n) is 3.81. The molecule has 0 aliphatic carbocycles. The molecule has 0 aromatic heterocycles. The molecule has 1 atom stereocenters. The van der Waals surface area contributed by atoms with E-state index in [-0.39, 0.29) is 24.3 Å². The predicted octanol–water partition coefficient (Wildman–Crippen LogP) is 5.58. The number of rotatable bonds is 7. The summed E-state index contributed by atoms with van der Waals surface area (Å²) in [6.45, 7) is 5.15. The van der Waals surface area contributed by atoms with E-state index in [9.17, 15) is 4.39 Å². The van der Waals surface area contributed by atoms with Crippen LogP contribution < -0.4 is 9.64 Å². The van der Waals surface area contributed by atoms with Gasteiger partial charge < -0.3 is 9.64 Å². The van der Waals surface area contributed by atoms with Gasteiger partial charge in [-0.1, -0.05) is 48.5 Å². The van der Waals surface area contributed by atoms with E-state index in [0.29, 0.717) is 5.75 Å². The van der Waals surface area contributed by atoms with Gasteiger partial charge in [0.1, 0.15) is 17.7 Å². The van der Waals surface area contributed by atoms with Crippen LogP contribution in [0.1, 0.15) is 18.1 Å². The summed E-state index contributed by atoms with van der Waals surface area (Å²) in [6.07, 6.45) is 0.848. The maximum absolute atomic E-state index is 13.2. The summed E-state index contributed by atoms with van der Waals surface area (Å²) in [5.41, 5.74) is 2.45. The number of ether oxygens (including phenoxy) is 1. The molecule has 158 valence electrons. The number of hydrogen-bond acceptors (Lipinski definition) is 3. The largest absolute Gasteiger partial charge is 0.486 e. The van der Waals surface area contributed by atoms with Gasteiger partial charge in [0.2, 0.25) is 0 Å². The Kier molecular flexibility index (Phi) is 8.12. The number of benzene rings is 3. The zero-order chi connectivity index (χ0) is 19.9. The lowest BCUT2D eigenvalue weighted by molar-refractivity contribution is 0.160. The number of halogens is 2. The van der Waals surface area contributed by atoms with Gasteiger partial charge in [0.25, 0.3) is 0 Å². The minimum atomic E-state index is -0.245. The Morgan fingerprint density at radius 3 is 2.00 bits per heavy atom. The Morgan fingerprint density at radius 2 is 1.37 bits per heavy atom. The van der Waals surface area contributed by atoms with Crippen molar-refractivity contribution in [2.75, 3.05) is 37.6 Å². The molecule has 1 aliphatic rings. The third-order valence-electron chi connectivity index (χ3n) is 5.46. The average molecular weight is 427 g/mol. The molecule has 3 aromatic rings. The quantitative estimate of drug-likeness (QED) is 0.490. The van der Waals surface area contributed by atoms with E-state index in [4.69, 9.17) is 4.74 Å². The third-order valence-corrected chi connectivity index (χ3v) is 5.46. The van der Waals surface area contributed by atoms with Gasteiger partial charge >= 0.3 is 0 Å². The van der Waals surface area contributed by atoms with Gasteiger partial charge in [-0.05, 0) is 42.0 Å². The van der Waals surface area contributed by atoms with E-state index < -0.39 is 0 Å². The molecular weight excluding hydrogens is 399 g/mol. The zero-order valence-corrected chi connectivity index (χ0v) is 17.8. The van der Waals surface area contributed by atoms with Crippen LogP contribution >= 0.6 is 12.4 Å². The summed E-state index contributed by atoms with van der Waals surface area (Å²) in [6, 6.07) is 27.2. The van der Waals surface area contributed by atoms with Gasteiger partial charge in [-0.25, -0.2) is 4.39 Å². The van der Waals surface area contributed by atoms with Crippen molar-refractivity contribution in [3.8, 4) is 5.75 Å². The molecule has 0 amide bonds. The Balaban J connectivity index is 0.00000256. The van der Waals surface area contributed by atoms with Gasteiger partial charge in [0.15, 0.2) is 0 Å². The molecule has 3 aromatic carbocycles. The minimum absolute atomic E-state index is 0. The van der Waals surface area contributed by atoms with Crippen molar-refractivity contribution in [2.24, 2.45) is 0 Å². The van der Waals surface area contributed by atoms with Gasteiger partial charge in [0, 0.05) is 44.8 Å². The molecule has 4 rings (SSSR count). The van der Waals surface area contributed by atoms with E-state index in [2.05, 4.69) is 52.3 Å². The van der Waals surface area contributed by atoms with Crippen molar-refractivity contribution < 1.29 is 9.13 Å². The van der Waals surface area contributed by atoms with Gasteiger partial charge in [-0.15, -0.1) is 12.4 Å². The van der Waals surface area contributed by atoms with Crippen LogP contribution in [0.4, 0.5) is 10.1 Å². The Labute approximate surface area is 184 Å². The molecule has 5 heteroatoms. The summed E-state index contributed by atoms with van der Waals surface area (Å²) in [7, 11) is 0. The number of nitrogens with zero attached hydrogens (tertiary/aromatic N) is 2. The highest BCUT2D eigenvalue weighted by atomic mass is 35.5. The number of anilines is 1. The lowest BCUT2D eigenvalue weighted by atomic mass is 10.1. The van der Waals surface area contributed by atoms with Crippen LogP contribution in [0.25, 0.3) is 0 Å². The minimum Gasteiger partial charge on any atom is -0.486 e. The van der Waals surface area contributed by atoms with Crippen LogP contribution in [0.2, 0.25) is 0 Å². The Bertz CT molecular complexity index is 869. The summed E-state index contributed by atoms with van der Waals surface area (Å²) in [5.74, 6) is 0.457. The smallest absolute Gasteiger partial charge is 0.125 e. The monoisotopic (exact) mass is 426 g/mol. The highest BCUT2D eigenvalue weighted by Crippen LogP contribution is 2.26. The van der Waals surface area contributed by atoms with Crippen molar-refractivity contribution in [3.63, 3.8) is 0 Å². The van der Waals surface area contributed by atoms with Gasteiger partial charge in [-0.3, -0.25) is 4.90 Å². The molecule has 0 saturated carbocycles. The zero-order valence-electron chi connectivity index (χ0n) is 17.0. The van der Waals surface area contributed by atoms with Crippen LogP contribution in [0.15, 0.2) is 84.9 Å². The normalized spacial score (nSPS) is 15.3. The Morgan fingerprint density at radius 1 is 0.767 bits per heavy atom. The van der Waals surface area contributed by atoms with E-state index >= 15 is 0 Å². The van der Waals surface area contributed by atoms with Crippen LogP contribution in [-0.4, -0.2) is 37.6 Å². The first kappa shape index (κ1) is 22.1. The first-order valence-electron chi connectivity index (χ1n) is 10.3. The molecular formula is C25H28ClFN2O. The molecule has 1 heterocycles. The van der Waals surface area contributed by atoms with E-state index in [0.717, 1.165) is 44.7 Å². The lowest BCUT2D eigenvalue weighted by Gasteiger charge is -2.36. The van der Waals surface area contributed by atoms with Crippen LogP contribution in [0.3, 0.4) is 0 Å². The van der Waals surface area contributed by atoms with E-state index in [1.807, 2.05) is 18.2 Å². The molecule has 1 aliphatic heterocycles. The molecule has 30 heavy (non-hydrogen) atoms. The van der Waals surface area contributed by atoms with Crippen molar-refractivity contribution in [3.05, 3.63) is 96.3 Å². The molecule has 0 bridgehead atoms. The third kappa shape index (κ3) is 5.97. The molecule has 1 unspecified atom stereocenters. The average Bonchev–Trinajstić information content (AvgIpc) is 2.79. The van der Waals surface area contributed by atoms with Crippen LogP contribution in [0, 0.1) is 5.82 Å². The number of hydrogen-bond donors (Lipinski definition) is 0. The lowest BCUT2D eigenvalue weighted by Crippen LogP contribution is -2.46. The maximum Gasteiger partial charge on any atom is 0.125 e. The van der Waals surface area contributed by atoms with E-state index in [1.165, 1.54) is 17.8 Å². The standard InChI is InChI=1S/C25H27FN2O.ClH/c26-22-11-13-24(14-12-22)29-25(21-7-3-1-4-8-21)15-16-27-17-19-28(20-18-27)23-9-5-2-6-10-23;/h1-14,25H,15-20H2;1H. The fraction of sp³-hybridized carbons (Fsp3) is 0.280. The van der Waals surface area contributed by atoms with Crippen molar-refractivity contribution in [1.29, 1.82) is 0 Å². The molecule has 0 N–H and O–H groups in total. The van der Waals surface area contributed by atoms with Crippen molar-refractivity contribution >= 4 is 18.1 Å². The topological polar surface area (TPSA) is 15.7 Å². The summed E-state index contributed by atoms with van der Waals surface area (Å²) in [5, 5.41) is 0. The molecule has 0 radical (unpaired) electrons. The van der Waals surface area contributed by atoms with Gasteiger partial charge in [-0.2, -0.15) is 0 Å². The number of para-hydroxylation sites is 1. The second kappa shape index (κ2) is 11.0. The highest BCUT2D eigenvalue weighted by molar-refractivity contribution is 5.85. The second-order valence-electron chi connectivity index (χ2n) is 7.42. The molecule has 1 saturated heterocycles. The molecule has 0 spiro atoms.